The quantitative estimate of drug-likeness (QED) is 0.324. The topological polar surface area (TPSA) is 98.4 Å². The van der Waals surface area contributed by atoms with Crippen LogP contribution in [0.5, 0.6) is 11.5 Å². The van der Waals surface area contributed by atoms with E-state index in [1.807, 2.05) is 4.90 Å². The van der Waals surface area contributed by atoms with Gasteiger partial charge in [0.15, 0.2) is 11.5 Å². The monoisotopic (exact) mass is 547 g/mol. The Morgan fingerprint density at radius 2 is 1.85 bits per heavy atom. The summed E-state index contributed by atoms with van der Waals surface area (Å²) in [5.41, 5.74) is 0.580. The van der Waals surface area contributed by atoms with Crippen molar-refractivity contribution in [2.75, 3.05) is 60.3 Å². The highest BCUT2D eigenvalue weighted by molar-refractivity contribution is 5.95. The lowest BCUT2D eigenvalue weighted by Crippen LogP contribution is -2.44. The van der Waals surface area contributed by atoms with Gasteiger partial charge in [-0.3, -0.25) is 9.59 Å². The first-order chi connectivity index (χ1) is 18.9. The first kappa shape index (κ1) is 31.2. The van der Waals surface area contributed by atoms with E-state index in [4.69, 9.17) is 18.9 Å². The fourth-order valence-corrected chi connectivity index (χ4v) is 5.52. The van der Waals surface area contributed by atoms with Gasteiger partial charge in [-0.1, -0.05) is 6.92 Å². The van der Waals surface area contributed by atoms with Crippen LogP contribution in [0.15, 0.2) is 18.2 Å². The van der Waals surface area contributed by atoms with E-state index in [-0.39, 0.29) is 35.7 Å². The van der Waals surface area contributed by atoms with Crippen LogP contribution in [0.4, 0.5) is 0 Å². The van der Waals surface area contributed by atoms with Crippen LogP contribution in [-0.2, 0) is 14.3 Å². The molecule has 0 spiro atoms. The molecule has 2 aliphatic rings. The summed E-state index contributed by atoms with van der Waals surface area (Å²) in [5, 5.41) is 6.78. The average Bonchev–Trinajstić information content (AvgIpc) is 3.39. The van der Waals surface area contributed by atoms with E-state index in [9.17, 15) is 9.59 Å². The third-order valence-electron chi connectivity index (χ3n) is 7.97. The standard InChI is InChI=1S/C30H49N3O6/c1-6-22(29(34)32-26-10-14-38-15-11-26)16-24-18-31-19-25(24)20-33(21(2)3)30(35)23-8-9-27(37-5)28(17-23)39-13-7-12-36-4/h8-9,17,21-22,24-26,31H,6-7,10-16,18-20H2,1-5H3,(H,32,34)/t22-,24+,25-/m0/s1. The molecule has 9 heteroatoms. The maximum atomic E-state index is 13.7. The molecule has 2 heterocycles. The first-order valence-electron chi connectivity index (χ1n) is 14.6. The normalized spacial score (nSPS) is 20.6. The minimum Gasteiger partial charge on any atom is -0.493 e. The molecule has 39 heavy (non-hydrogen) atoms. The molecule has 2 aliphatic heterocycles. The molecule has 9 nitrogen and oxygen atoms in total. The van der Waals surface area contributed by atoms with Crippen LogP contribution in [0.1, 0.15) is 63.2 Å². The second-order valence-corrected chi connectivity index (χ2v) is 11.0. The molecule has 0 aliphatic carbocycles. The lowest BCUT2D eigenvalue weighted by Gasteiger charge is -2.33. The van der Waals surface area contributed by atoms with Crippen molar-refractivity contribution in [2.45, 2.75) is 65.0 Å². The van der Waals surface area contributed by atoms with E-state index in [1.165, 1.54) is 0 Å². The van der Waals surface area contributed by atoms with Crippen LogP contribution in [-0.4, -0.2) is 89.1 Å². The Bertz CT molecular complexity index is 905. The van der Waals surface area contributed by atoms with Gasteiger partial charge in [0.25, 0.3) is 5.91 Å². The zero-order valence-electron chi connectivity index (χ0n) is 24.5. The summed E-state index contributed by atoms with van der Waals surface area (Å²) in [7, 11) is 3.26. The molecule has 0 aromatic heterocycles. The second kappa shape index (κ2) is 16.0. The Morgan fingerprint density at radius 1 is 1.10 bits per heavy atom. The predicted octanol–water partition coefficient (Wildman–Crippen LogP) is 3.51. The Morgan fingerprint density at radius 3 is 2.51 bits per heavy atom. The van der Waals surface area contributed by atoms with E-state index in [0.29, 0.717) is 56.0 Å². The Balaban J connectivity index is 1.65. The first-order valence-corrected chi connectivity index (χ1v) is 14.6. The van der Waals surface area contributed by atoms with Gasteiger partial charge in [0.2, 0.25) is 5.91 Å². The number of ether oxygens (including phenoxy) is 4. The van der Waals surface area contributed by atoms with Crippen molar-refractivity contribution in [2.24, 2.45) is 17.8 Å². The van der Waals surface area contributed by atoms with Crippen molar-refractivity contribution >= 4 is 11.8 Å². The van der Waals surface area contributed by atoms with Crippen molar-refractivity contribution in [3.8, 4) is 11.5 Å². The number of carbonyl (C=O) groups is 2. The molecule has 0 bridgehead atoms. The Labute approximate surface area is 234 Å². The summed E-state index contributed by atoms with van der Waals surface area (Å²) >= 11 is 0. The number of benzene rings is 1. The lowest BCUT2D eigenvalue weighted by molar-refractivity contribution is -0.127. The van der Waals surface area contributed by atoms with Gasteiger partial charge in [-0.15, -0.1) is 0 Å². The smallest absolute Gasteiger partial charge is 0.254 e. The molecule has 2 N–H and O–H groups in total. The number of carbonyl (C=O) groups excluding carboxylic acids is 2. The highest BCUT2D eigenvalue weighted by Gasteiger charge is 2.34. The molecule has 3 rings (SSSR count). The van der Waals surface area contributed by atoms with E-state index >= 15 is 0 Å². The summed E-state index contributed by atoms with van der Waals surface area (Å²) in [6.45, 7) is 11.1. The predicted molar refractivity (Wildman–Crippen MR) is 151 cm³/mol. The van der Waals surface area contributed by atoms with E-state index in [0.717, 1.165) is 45.2 Å². The van der Waals surface area contributed by atoms with Gasteiger partial charge in [-0.05, 0) is 82.7 Å². The zero-order valence-corrected chi connectivity index (χ0v) is 24.5. The summed E-state index contributed by atoms with van der Waals surface area (Å²) in [4.78, 5) is 28.8. The molecule has 0 radical (unpaired) electrons. The molecule has 220 valence electrons. The van der Waals surface area contributed by atoms with Crippen molar-refractivity contribution in [1.29, 1.82) is 0 Å². The third-order valence-corrected chi connectivity index (χ3v) is 7.97. The number of amides is 2. The van der Waals surface area contributed by atoms with Crippen LogP contribution in [0.3, 0.4) is 0 Å². The number of rotatable bonds is 15. The summed E-state index contributed by atoms with van der Waals surface area (Å²) in [6, 6.07) is 5.62. The van der Waals surface area contributed by atoms with Gasteiger partial charge in [-0.2, -0.15) is 0 Å². The molecule has 1 aromatic rings. The third kappa shape index (κ3) is 9.08. The van der Waals surface area contributed by atoms with Gasteiger partial charge < -0.3 is 34.5 Å². The zero-order chi connectivity index (χ0) is 28.2. The second-order valence-electron chi connectivity index (χ2n) is 11.0. The van der Waals surface area contributed by atoms with Crippen molar-refractivity contribution in [3.63, 3.8) is 0 Å². The minimum absolute atomic E-state index is 0.0238. The number of methoxy groups -OCH3 is 2. The maximum absolute atomic E-state index is 13.7. The maximum Gasteiger partial charge on any atom is 0.254 e. The SMILES string of the molecule is CC[C@@H](C[C@@H]1CNC[C@H]1CN(C(=O)c1ccc(OC)c(OCCCOC)c1)C(C)C)C(=O)NC1CCOCC1. The molecule has 2 fully saturated rings. The van der Waals surface area contributed by atoms with Crippen molar-refractivity contribution in [1.82, 2.24) is 15.5 Å². The highest BCUT2D eigenvalue weighted by atomic mass is 16.5. The van der Waals surface area contributed by atoms with Crippen LogP contribution >= 0.6 is 0 Å². The van der Waals surface area contributed by atoms with Crippen molar-refractivity contribution < 1.29 is 28.5 Å². The summed E-state index contributed by atoms with van der Waals surface area (Å²) in [6.07, 6.45) is 4.15. The summed E-state index contributed by atoms with van der Waals surface area (Å²) < 4.78 is 21.9. The van der Waals surface area contributed by atoms with Gasteiger partial charge in [0.05, 0.1) is 13.7 Å². The summed E-state index contributed by atoms with van der Waals surface area (Å²) in [5.74, 6) is 1.88. The van der Waals surface area contributed by atoms with Crippen LogP contribution < -0.4 is 20.1 Å². The van der Waals surface area contributed by atoms with Gasteiger partial charge in [0, 0.05) is 63.5 Å². The molecule has 2 saturated heterocycles. The molecular formula is C30H49N3O6. The average molecular weight is 548 g/mol. The van der Waals surface area contributed by atoms with Crippen molar-refractivity contribution in [3.05, 3.63) is 23.8 Å². The highest BCUT2D eigenvalue weighted by Crippen LogP contribution is 2.31. The fraction of sp³-hybridized carbons (Fsp3) is 0.733. The molecule has 0 saturated carbocycles. The molecule has 0 unspecified atom stereocenters. The molecule has 1 aromatic carbocycles. The molecule has 2 amide bonds. The van der Waals surface area contributed by atoms with Crippen LogP contribution in [0, 0.1) is 17.8 Å². The largest absolute Gasteiger partial charge is 0.493 e. The number of nitrogens with one attached hydrogen (secondary N) is 2. The van der Waals surface area contributed by atoms with Crippen LogP contribution in [0.2, 0.25) is 0 Å². The number of hydrogen-bond acceptors (Lipinski definition) is 7. The Kier molecular flexibility index (Phi) is 12.8. The molecule has 3 atom stereocenters. The number of hydrogen-bond donors (Lipinski definition) is 2. The Hall–Kier alpha value is -2.36. The fourth-order valence-electron chi connectivity index (χ4n) is 5.52. The van der Waals surface area contributed by atoms with E-state index in [2.05, 4.69) is 31.4 Å². The minimum atomic E-state index is -0.0251. The number of nitrogens with zero attached hydrogens (tertiary/aromatic N) is 1. The van der Waals surface area contributed by atoms with Crippen LogP contribution in [0.25, 0.3) is 0 Å². The van der Waals surface area contributed by atoms with Gasteiger partial charge >= 0.3 is 0 Å². The van der Waals surface area contributed by atoms with E-state index in [1.54, 1.807) is 32.4 Å². The van der Waals surface area contributed by atoms with Gasteiger partial charge in [-0.25, -0.2) is 0 Å². The van der Waals surface area contributed by atoms with E-state index < -0.39 is 0 Å². The lowest BCUT2D eigenvalue weighted by atomic mass is 9.84. The van der Waals surface area contributed by atoms with Gasteiger partial charge in [0.1, 0.15) is 0 Å². The molecular weight excluding hydrogens is 498 g/mol.